The number of nitrogens with zero attached hydrogens (tertiary/aromatic N) is 8. The number of piperazine rings is 1. The van der Waals surface area contributed by atoms with Crippen LogP contribution in [0.2, 0.25) is 0 Å². The first-order valence-electron chi connectivity index (χ1n) is 8.45. The Bertz CT molecular complexity index is 936. The van der Waals surface area contributed by atoms with Gasteiger partial charge >= 0.3 is 0 Å². The molecule has 0 saturated carbocycles. The molecule has 3 aromatic rings. The third-order valence-electron chi connectivity index (χ3n) is 4.39. The van der Waals surface area contributed by atoms with E-state index in [-0.39, 0.29) is 0 Å². The van der Waals surface area contributed by atoms with Crippen LogP contribution in [0.4, 0.5) is 11.5 Å². The van der Waals surface area contributed by atoms with Gasteiger partial charge in [-0.3, -0.25) is 0 Å². The second-order valence-electron chi connectivity index (χ2n) is 6.04. The molecule has 0 spiro atoms. The first-order valence-corrected chi connectivity index (χ1v) is 8.45. The highest BCUT2D eigenvalue weighted by atomic mass is 15.3. The van der Waals surface area contributed by atoms with E-state index in [1.807, 2.05) is 37.4 Å². The summed E-state index contributed by atoms with van der Waals surface area (Å²) in [7, 11) is 0. The van der Waals surface area contributed by atoms with E-state index in [0.29, 0.717) is 5.69 Å². The molecule has 1 aliphatic rings. The quantitative estimate of drug-likeness (QED) is 0.711. The summed E-state index contributed by atoms with van der Waals surface area (Å²) in [6.07, 6.45) is 5.25. The van der Waals surface area contributed by atoms with Crippen LogP contribution in [0, 0.1) is 18.3 Å². The van der Waals surface area contributed by atoms with Gasteiger partial charge in [-0.15, -0.1) is 0 Å². The summed E-state index contributed by atoms with van der Waals surface area (Å²) in [6.45, 7) is 5.13. The average Bonchev–Trinajstić information content (AvgIpc) is 3.22. The van der Waals surface area contributed by atoms with E-state index in [2.05, 4.69) is 35.9 Å². The molecule has 0 bridgehead atoms. The van der Waals surface area contributed by atoms with Crippen LogP contribution in [0.1, 0.15) is 11.5 Å². The molecule has 0 aromatic carbocycles. The monoisotopic (exact) mass is 346 g/mol. The molecule has 3 aromatic heterocycles. The van der Waals surface area contributed by atoms with Gasteiger partial charge in [0.1, 0.15) is 17.7 Å². The molecule has 0 N–H and O–H groups in total. The number of hydrogen-bond donors (Lipinski definition) is 0. The number of pyridine rings is 1. The van der Waals surface area contributed by atoms with Crippen LogP contribution in [0.25, 0.3) is 5.82 Å². The Morgan fingerprint density at radius 2 is 1.77 bits per heavy atom. The minimum atomic E-state index is 0.472. The predicted molar refractivity (Wildman–Crippen MR) is 97.3 cm³/mol. The Hall–Kier alpha value is -3.47. The summed E-state index contributed by atoms with van der Waals surface area (Å²) in [6, 6.07) is 9.82. The van der Waals surface area contributed by atoms with Crippen molar-refractivity contribution < 1.29 is 0 Å². The Morgan fingerprint density at radius 3 is 2.50 bits per heavy atom. The van der Waals surface area contributed by atoms with E-state index in [1.54, 1.807) is 17.1 Å². The average molecular weight is 346 g/mol. The third-order valence-corrected chi connectivity index (χ3v) is 4.39. The Labute approximate surface area is 151 Å². The van der Waals surface area contributed by atoms with E-state index in [0.717, 1.165) is 49.3 Å². The Morgan fingerprint density at radius 1 is 1.00 bits per heavy atom. The van der Waals surface area contributed by atoms with Gasteiger partial charge < -0.3 is 9.80 Å². The lowest BCUT2D eigenvalue weighted by molar-refractivity contribution is 0.643. The Kier molecular flexibility index (Phi) is 4.19. The minimum Gasteiger partial charge on any atom is -0.366 e. The van der Waals surface area contributed by atoms with Crippen molar-refractivity contribution in [2.24, 2.45) is 0 Å². The fourth-order valence-electron chi connectivity index (χ4n) is 3.13. The van der Waals surface area contributed by atoms with E-state index in [4.69, 9.17) is 0 Å². The number of aromatic nitrogens is 5. The number of rotatable bonds is 3. The van der Waals surface area contributed by atoms with Crippen molar-refractivity contribution in [3.8, 4) is 11.9 Å². The zero-order chi connectivity index (χ0) is 17.9. The highest BCUT2D eigenvalue weighted by Gasteiger charge is 2.21. The molecule has 8 nitrogen and oxygen atoms in total. The maximum absolute atomic E-state index is 9.26. The lowest BCUT2D eigenvalue weighted by Crippen LogP contribution is -2.47. The first kappa shape index (κ1) is 16.0. The summed E-state index contributed by atoms with van der Waals surface area (Å²) in [5.74, 6) is 2.38. The van der Waals surface area contributed by atoms with Crippen molar-refractivity contribution in [2.75, 3.05) is 36.0 Å². The first-order chi connectivity index (χ1) is 12.7. The standard InChI is InChI=1S/C18H18N8/c1-14-22-17(12-18(23-14)26-7-3-6-21-26)25-10-8-24(9-11-25)16-4-2-5-20-15(16)13-19/h2-7,12H,8-11H2,1H3. The van der Waals surface area contributed by atoms with E-state index in [1.165, 1.54) is 0 Å². The van der Waals surface area contributed by atoms with Crippen molar-refractivity contribution in [1.29, 1.82) is 5.26 Å². The molecule has 0 aliphatic carbocycles. The molecule has 0 amide bonds. The van der Waals surface area contributed by atoms with Crippen LogP contribution in [-0.2, 0) is 0 Å². The summed E-state index contributed by atoms with van der Waals surface area (Å²) in [5, 5.41) is 13.5. The van der Waals surface area contributed by atoms with Gasteiger partial charge in [-0.1, -0.05) is 0 Å². The van der Waals surface area contributed by atoms with E-state index >= 15 is 0 Å². The van der Waals surface area contributed by atoms with Crippen LogP contribution in [-0.4, -0.2) is 50.9 Å². The maximum atomic E-state index is 9.26. The normalized spacial score (nSPS) is 14.3. The minimum absolute atomic E-state index is 0.472. The second kappa shape index (κ2) is 6.80. The molecule has 8 heteroatoms. The van der Waals surface area contributed by atoms with Crippen molar-refractivity contribution in [3.05, 3.63) is 54.4 Å². The number of nitriles is 1. The van der Waals surface area contributed by atoms with Crippen LogP contribution in [0.5, 0.6) is 0 Å². The molecule has 1 saturated heterocycles. The highest BCUT2D eigenvalue weighted by molar-refractivity contribution is 5.57. The molecule has 0 radical (unpaired) electrons. The molecule has 26 heavy (non-hydrogen) atoms. The van der Waals surface area contributed by atoms with Crippen molar-refractivity contribution >= 4 is 11.5 Å². The summed E-state index contributed by atoms with van der Waals surface area (Å²) < 4.78 is 1.74. The molecular weight excluding hydrogens is 328 g/mol. The third kappa shape index (κ3) is 3.07. The molecule has 1 aliphatic heterocycles. The van der Waals surface area contributed by atoms with Crippen molar-refractivity contribution in [3.63, 3.8) is 0 Å². The van der Waals surface area contributed by atoms with Gasteiger partial charge in [0.25, 0.3) is 0 Å². The van der Waals surface area contributed by atoms with E-state index in [9.17, 15) is 5.26 Å². The van der Waals surface area contributed by atoms with Crippen LogP contribution in [0.15, 0.2) is 42.9 Å². The predicted octanol–water partition coefficient (Wildman–Crippen LogP) is 1.56. The van der Waals surface area contributed by atoms with Crippen LogP contribution in [0.3, 0.4) is 0 Å². The van der Waals surface area contributed by atoms with Gasteiger partial charge in [-0.25, -0.2) is 19.6 Å². The largest absolute Gasteiger partial charge is 0.366 e. The van der Waals surface area contributed by atoms with Crippen molar-refractivity contribution in [2.45, 2.75) is 6.92 Å². The van der Waals surface area contributed by atoms with Gasteiger partial charge in [0, 0.05) is 50.8 Å². The lowest BCUT2D eigenvalue weighted by Gasteiger charge is -2.36. The van der Waals surface area contributed by atoms with Gasteiger partial charge in [0.15, 0.2) is 11.5 Å². The van der Waals surface area contributed by atoms with Crippen molar-refractivity contribution in [1.82, 2.24) is 24.7 Å². The molecule has 4 rings (SSSR count). The SMILES string of the molecule is Cc1nc(N2CCN(c3cccnc3C#N)CC2)cc(-n2cccn2)n1. The smallest absolute Gasteiger partial charge is 0.163 e. The van der Waals surface area contributed by atoms with Gasteiger partial charge in [-0.2, -0.15) is 10.4 Å². The zero-order valence-corrected chi connectivity index (χ0v) is 14.4. The van der Waals surface area contributed by atoms with Crippen LogP contribution < -0.4 is 9.80 Å². The highest BCUT2D eigenvalue weighted by Crippen LogP contribution is 2.22. The summed E-state index contributed by atoms with van der Waals surface area (Å²) >= 11 is 0. The molecule has 4 heterocycles. The molecule has 0 unspecified atom stereocenters. The van der Waals surface area contributed by atoms with Crippen LogP contribution >= 0.6 is 0 Å². The summed E-state index contributed by atoms with van der Waals surface area (Å²) in [4.78, 5) is 17.6. The molecular formula is C18H18N8. The second-order valence-corrected chi connectivity index (χ2v) is 6.04. The lowest BCUT2D eigenvalue weighted by atomic mass is 10.2. The topological polar surface area (TPSA) is 86.8 Å². The Balaban J connectivity index is 1.53. The summed E-state index contributed by atoms with van der Waals surface area (Å²) in [5.41, 5.74) is 1.37. The molecule has 130 valence electrons. The number of aryl methyl sites for hydroxylation is 1. The fourth-order valence-corrected chi connectivity index (χ4v) is 3.13. The number of anilines is 2. The zero-order valence-electron chi connectivity index (χ0n) is 14.4. The van der Waals surface area contributed by atoms with Gasteiger partial charge in [-0.05, 0) is 25.1 Å². The molecule has 1 fully saturated rings. The molecule has 0 atom stereocenters. The maximum Gasteiger partial charge on any atom is 0.163 e. The fraction of sp³-hybridized carbons (Fsp3) is 0.278. The van der Waals surface area contributed by atoms with Gasteiger partial charge in [0.05, 0.1) is 5.69 Å². The van der Waals surface area contributed by atoms with E-state index < -0.39 is 0 Å². The van der Waals surface area contributed by atoms with Gasteiger partial charge in [0.2, 0.25) is 0 Å². The number of hydrogen-bond acceptors (Lipinski definition) is 7.